The maximum Gasteiger partial charge on any atom is 0.336 e. The van der Waals surface area contributed by atoms with Crippen LogP contribution in [-0.4, -0.2) is 34.1 Å². The SMILES string of the molecule is O=C(O)c1cccc2ccccc12.[Co].[MgH2]. The van der Waals surface area contributed by atoms with E-state index in [1.807, 2.05) is 30.3 Å². The molecule has 0 saturated carbocycles. The fourth-order valence-corrected chi connectivity index (χ4v) is 1.41. The molecule has 0 unspecified atom stereocenters. The van der Waals surface area contributed by atoms with E-state index in [1.165, 1.54) is 0 Å². The third-order valence-electron chi connectivity index (χ3n) is 2.02. The molecule has 0 spiro atoms. The molecule has 4 heteroatoms. The molecule has 0 aliphatic heterocycles. The van der Waals surface area contributed by atoms with Gasteiger partial charge in [-0.15, -0.1) is 0 Å². The van der Waals surface area contributed by atoms with E-state index in [9.17, 15) is 4.79 Å². The van der Waals surface area contributed by atoms with Crippen molar-refractivity contribution in [1.29, 1.82) is 0 Å². The zero-order chi connectivity index (χ0) is 9.26. The number of rotatable bonds is 1. The Bertz CT molecular complexity index is 466. The summed E-state index contributed by atoms with van der Waals surface area (Å²) in [5, 5.41) is 10.6. The number of fused-ring (bicyclic) bond motifs is 1. The van der Waals surface area contributed by atoms with E-state index in [0.717, 1.165) is 10.8 Å². The van der Waals surface area contributed by atoms with E-state index in [1.54, 1.807) is 12.1 Å². The molecule has 0 fully saturated rings. The van der Waals surface area contributed by atoms with Gasteiger partial charge in [-0.3, -0.25) is 0 Å². The molecule has 0 bridgehead atoms. The standard InChI is InChI=1S/C11H8O2.Co.Mg.2H/c12-11(13)10-7-3-5-8-4-1-2-6-9(8)10;;;;/h1-7H,(H,12,13);;;;. The number of hydrogen-bond donors (Lipinski definition) is 1. The van der Waals surface area contributed by atoms with Gasteiger partial charge >= 0.3 is 29.0 Å². The van der Waals surface area contributed by atoms with Crippen molar-refractivity contribution >= 4 is 39.8 Å². The molecule has 2 aromatic rings. The predicted octanol–water partition coefficient (Wildman–Crippen LogP) is 1.62. The smallest absolute Gasteiger partial charge is 0.336 e. The molecule has 0 aliphatic rings. The van der Waals surface area contributed by atoms with Crippen molar-refractivity contribution in [2.75, 3.05) is 0 Å². The number of carboxylic acid groups (broad SMARTS) is 1. The van der Waals surface area contributed by atoms with Crippen LogP contribution in [0.15, 0.2) is 42.5 Å². The van der Waals surface area contributed by atoms with Gasteiger partial charge in [0.25, 0.3) is 0 Å². The number of benzene rings is 2. The molecule has 0 saturated heterocycles. The molecule has 2 aromatic carbocycles. The Balaban J connectivity index is 0.000000980. The molecular formula is C11H10CoMgO2. The van der Waals surface area contributed by atoms with Gasteiger partial charge in [0, 0.05) is 16.8 Å². The molecule has 0 heterocycles. The Morgan fingerprint density at radius 2 is 1.60 bits per heavy atom. The summed E-state index contributed by atoms with van der Waals surface area (Å²) in [6, 6.07) is 12.7. The topological polar surface area (TPSA) is 37.3 Å². The number of carbonyl (C=O) groups is 1. The van der Waals surface area contributed by atoms with Gasteiger partial charge in [0.1, 0.15) is 0 Å². The first kappa shape index (κ1) is 14.4. The van der Waals surface area contributed by atoms with Crippen LogP contribution in [0, 0.1) is 0 Å². The van der Waals surface area contributed by atoms with Crippen molar-refractivity contribution in [2.24, 2.45) is 0 Å². The Hall–Kier alpha value is -0.557. The van der Waals surface area contributed by atoms with Crippen LogP contribution < -0.4 is 0 Å². The molecule has 77 valence electrons. The summed E-state index contributed by atoms with van der Waals surface area (Å²) in [6.07, 6.45) is 0. The Labute approximate surface area is 114 Å². The number of hydrogen-bond acceptors (Lipinski definition) is 1. The van der Waals surface area contributed by atoms with Gasteiger partial charge in [0.05, 0.1) is 5.56 Å². The van der Waals surface area contributed by atoms with Crippen LogP contribution in [0.3, 0.4) is 0 Å². The first-order valence-electron chi connectivity index (χ1n) is 4.00. The summed E-state index contributed by atoms with van der Waals surface area (Å²) in [5.74, 6) is -0.878. The molecule has 1 N–H and O–H groups in total. The summed E-state index contributed by atoms with van der Waals surface area (Å²) < 4.78 is 0. The molecule has 2 nitrogen and oxygen atoms in total. The zero-order valence-corrected chi connectivity index (χ0v) is 8.27. The van der Waals surface area contributed by atoms with E-state index in [4.69, 9.17) is 5.11 Å². The third-order valence-corrected chi connectivity index (χ3v) is 2.02. The molecule has 2 rings (SSSR count). The van der Waals surface area contributed by atoms with E-state index >= 15 is 0 Å². The average molecular weight is 257 g/mol. The monoisotopic (exact) mass is 257 g/mol. The number of carboxylic acids is 1. The second-order valence-corrected chi connectivity index (χ2v) is 2.83. The fourth-order valence-electron chi connectivity index (χ4n) is 1.41. The molecular weight excluding hydrogens is 247 g/mol. The van der Waals surface area contributed by atoms with Gasteiger partial charge in [-0.25, -0.2) is 4.79 Å². The molecule has 15 heavy (non-hydrogen) atoms. The van der Waals surface area contributed by atoms with Gasteiger partial charge in [-0.1, -0.05) is 36.4 Å². The van der Waals surface area contributed by atoms with Crippen LogP contribution >= 0.6 is 0 Å². The minimum atomic E-state index is -0.878. The average Bonchev–Trinajstić information content (AvgIpc) is 2.17. The molecule has 0 aromatic heterocycles. The normalized spacial score (nSPS) is 8.80. The summed E-state index contributed by atoms with van der Waals surface area (Å²) in [7, 11) is 0. The summed E-state index contributed by atoms with van der Waals surface area (Å²) in [6.45, 7) is 0. The quantitative estimate of drug-likeness (QED) is 0.788. The third kappa shape index (κ3) is 2.95. The Morgan fingerprint density at radius 3 is 2.27 bits per heavy atom. The molecule has 0 aliphatic carbocycles. The Morgan fingerprint density at radius 1 is 1.00 bits per heavy atom. The van der Waals surface area contributed by atoms with E-state index in [2.05, 4.69) is 0 Å². The Kier molecular flexibility index (Phi) is 5.89. The van der Waals surface area contributed by atoms with Crippen LogP contribution in [-0.2, 0) is 16.8 Å². The molecule has 0 atom stereocenters. The maximum atomic E-state index is 10.8. The summed E-state index contributed by atoms with van der Waals surface area (Å²) in [5.41, 5.74) is 0.359. The van der Waals surface area contributed by atoms with Crippen molar-refractivity contribution in [3.63, 3.8) is 0 Å². The predicted molar refractivity (Wildman–Crippen MR) is 59.5 cm³/mol. The van der Waals surface area contributed by atoms with Gasteiger partial charge in [-0.05, 0) is 16.8 Å². The van der Waals surface area contributed by atoms with Crippen molar-refractivity contribution in [2.45, 2.75) is 0 Å². The van der Waals surface area contributed by atoms with E-state index in [-0.39, 0.29) is 39.8 Å². The molecule has 1 radical (unpaired) electrons. The summed E-state index contributed by atoms with van der Waals surface area (Å²) >= 11 is 0. The maximum absolute atomic E-state index is 10.8. The first-order chi connectivity index (χ1) is 6.29. The van der Waals surface area contributed by atoms with Crippen molar-refractivity contribution < 1.29 is 26.7 Å². The van der Waals surface area contributed by atoms with Gasteiger partial charge in [0.15, 0.2) is 0 Å². The second-order valence-electron chi connectivity index (χ2n) is 2.83. The van der Waals surface area contributed by atoms with E-state index in [0.29, 0.717) is 5.56 Å². The van der Waals surface area contributed by atoms with Crippen LogP contribution in [0.2, 0.25) is 0 Å². The van der Waals surface area contributed by atoms with Gasteiger partial charge in [0.2, 0.25) is 0 Å². The van der Waals surface area contributed by atoms with Gasteiger partial charge in [-0.2, -0.15) is 0 Å². The van der Waals surface area contributed by atoms with Crippen LogP contribution in [0.5, 0.6) is 0 Å². The molecule has 0 amide bonds. The number of aromatic carboxylic acids is 1. The first-order valence-corrected chi connectivity index (χ1v) is 4.00. The largest absolute Gasteiger partial charge is 0.478 e. The minimum absolute atomic E-state index is 0. The van der Waals surface area contributed by atoms with Crippen LogP contribution in [0.1, 0.15) is 10.4 Å². The van der Waals surface area contributed by atoms with Crippen LogP contribution in [0.25, 0.3) is 10.8 Å². The van der Waals surface area contributed by atoms with E-state index < -0.39 is 5.97 Å². The van der Waals surface area contributed by atoms with Crippen LogP contribution in [0.4, 0.5) is 0 Å². The van der Waals surface area contributed by atoms with Crippen molar-refractivity contribution in [1.82, 2.24) is 0 Å². The zero-order valence-electron chi connectivity index (χ0n) is 7.23. The second kappa shape index (κ2) is 6.12. The van der Waals surface area contributed by atoms with Crippen molar-refractivity contribution in [3.8, 4) is 0 Å². The summed E-state index contributed by atoms with van der Waals surface area (Å²) in [4.78, 5) is 10.8. The van der Waals surface area contributed by atoms with Crippen molar-refractivity contribution in [3.05, 3.63) is 48.0 Å². The minimum Gasteiger partial charge on any atom is -0.478 e. The fraction of sp³-hybridized carbons (Fsp3) is 0. The van der Waals surface area contributed by atoms with Gasteiger partial charge < -0.3 is 5.11 Å².